The zero-order valence-corrected chi connectivity index (χ0v) is 8.99. The highest BCUT2D eigenvalue weighted by Crippen LogP contribution is 2.14. The van der Waals surface area contributed by atoms with Gasteiger partial charge >= 0.3 is 18.2 Å². The molecule has 0 heterocycles. The van der Waals surface area contributed by atoms with Crippen molar-refractivity contribution in [1.29, 1.82) is 0 Å². The molecule has 0 aromatic carbocycles. The fourth-order valence-electron chi connectivity index (χ4n) is 0.875. The van der Waals surface area contributed by atoms with E-state index >= 15 is 0 Å². The number of halogens is 3. The lowest BCUT2D eigenvalue weighted by molar-refractivity contribution is -0.160. The van der Waals surface area contributed by atoms with E-state index in [0.717, 1.165) is 0 Å². The molecule has 0 aliphatic rings. The number of carboxylic acid groups (broad SMARTS) is 1. The zero-order chi connectivity index (χ0) is 14.3. The monoisotopic (exact) mass is 272 g/mol. The van der Waals surface area contributed by atoms with E-state index in [1.807, 2.05) is 0 Å². The lowest BCUT2D eigenvalue weighted by Crippen LogP contribution is -2.42. The molecular formula is C8H11F3N2O5. The Morgan fingerprint density at radius 1 is 1.33 bits per heavy atom. The van der Waals surface area contributed by atoms with Crippen molar-refractivity contribution in [2.45, 2.75) is 25.1 Å². The lowest BCUT2D eigenvalue weighted by Gasteiger charge is -2.14. The molecule has 0 aromatic rings. The van der Waals surface area contributed by atoms with Gasteiger partial charge in [-0.05, 0) is 6.42 Å². The van der Waals surface area contributed by atoms with Gasteiger partial charge in [0.2, 0.25) is 5.91 Å². The van der Waals surface area contributed by atoms with Crippen LogP contribution < -0.4 is 11.1 Å². The van der Waals surface area contributed by atoms with Gasteiger partial charge in [0.05, 0.1) is 0 Å². The number of alkyl carbamates (subject to hydrolysis) is 1. The zero-order valence-electron chi connectivity index (χ0n) is 8.99. The molecule has 2 amide bonds. The normalized spacial score (nSPS) is 12.6. The molecule has 10 heteroatoms. The van der Waals surface area contributed by atoms with Crippen LogP contribution >= 0.6 is 0 Å². The number of ether oxygens (including phenoxy) is 1. The molecule has 0 saturated heterocycles. The van der Waals surface area contributed by atoms with Gasteiger partial charge < -0.3 is 20.9 Å². The number of carboxylic acids is 1. The second-order valence-corrected chi connectivity index (χ2v) is 3.23. The summed E-state index contributed by atoms with van der Waals surface area (Å²) < 4.78 is 38.8. The van der Waals surface area contributed by atoms with Crippen LogP contribution in [0.5, 0.6) is 0 Å². The van der Waals surface area contributed by atoms with E-state index in [0.29, 0.717) is 0 Å². The molecule has 0 saturated carbocycles. The fraction of sp³-hybridized carbons (Fsp3) is 0.625. The summed E-state index contributed by atoms with van der Waals surface area (Å²) in [7, 11) is 0. The lowest BCUT2D eigenvalue weighted by atomic mass is 10.1. The van der Waals surface area contributed by atoms with Crippen LogP contribution in [-0.2, 0) is 14.3 Å². The molecule has 0 rings (SSSR count). The van der Waals surface area contributed by atoms with Crippen LogP contribution in [0.2, 0.25) is 0 Å². The van der Waals surface area contributed by atoms with Crippen LogP contribution in [0.1, 0.15) is 12.8 Å². The Morgan fingerprint density at radius 3 is 2.28 bits per heavy atom. The summed E-state index contributed by atoms with van der Waals surface area (Å²) >= 11 is 0. The van der Waals surface area contributed by atoms with Crippen molar-refractivity contribution in [2.24, 2.45) is 5.73 Å². The highest BCUT2D eigenvalue weighted by Gasteiger charge is 2.30. The first-order chi connectivity index (χ1) is 8.11. The average Bonchev–Trinajstić information content (AvgIpc) is 2.19. The minimum atomic E-state index is -4.71. The number of rotatable bonds is 6. The summed E-state index contributed by atoms with van der Waals surface area (Å²) in [6.07, 6.45) is -6.92. The molecule has 0 spiro atoms. The fourth-order valence-corrected chi connectivity index (χ4v) is 0.875. The first-order valence-corrected chi connectivity index (χ1v) is 4.63. The predicted molar refractivity (Wildman–Crippen MR) is 50.4 cm³/mol. The van der Waals surface area contributed by atoms with Crippen molar-refractivity contribution < 1.29 is 37.4 Å². The van der Waals surface area contributed by atoms with Gasteiger partial charge in [0.1, 0.15) is 6.04 Å². The maximum Gasteiger partial charge on any atom is 0.422 e. The summed E-state index contributed by atoms with van der Waals surface area (Å²) in [5, 5.41) is 10.3. The van der Waals surface area contributed by atoms with Gasteiger partial charge in [0, 0.05) is 6.42 Å². The van der Waals surface area contributed by atoms with Gasteiger partial charge in [-0.15, -0.1) is 0 Å². The van der Waals surface area contributed by atoms with Gasteiger partial charge in [0.15, 0.2) is 6.61 Å². The maximum atomic E-state index is 11.7. The third-order valence-corrected chi connectivity index (χ3v) is 1.64. The molecule has 18 heavy (non-hydrogen) atoms. The number of carbonyl (C=O) groups excluding carboxylic acids is 2. The summed E-state index contributed by atoms with van der Waals surface area (Å²) in [5.74, 6) is -2.31. The van der Waals surface area contributed by atoms with Gasteiger partial charge in [0.25, 0.3) is 0 Å². The largest absolute Gasteiger partial charge is 0.480 e. The van der Waals surface area contributed by atoms with E-state index in [1.54, 1.807) is 5.32 Å². The van der Waals surface area contributed by atoms with Crippen molar-refractivity contribution >= 4 is 18.0 Å². The first-order valence-electron chi connectivity index (χ1n) is 4.63. The number of carbonyl (C=O) groups is 3. The molecule has 4 N–H and O–H groups in total. The van der Waals surface area contributed by atoms with E-state index < -0.39 is 36.8 Å². The van der Waals surface area contributed by atoms with Crippen molar-refractivity contribution in [3.63, 3.8) is 0 Å². The number of nitrogens with one attached hydrogen (secondary N) is 1. The highest BCUT2D eigenvalue weighted by molar-refractivity contribution is 5.81. The Bertz CT molecular complexity index is 331. The van der Waals surface area contributed by atoms with Crippen molar-refractivity contribution in [3.05, 3.63) is 0 Å². The van der Waals surface area contributed by atoms with E-state index in [9.17, 15) is 27.6 Å². The average molecular weight is 272 g/mol. The topological polar surface area (TPSA) is 119 Å². The number of alkyl halides is 3. The Morgan fingerprint density at radius 2 is 1.89 bits per heavy atom. The molecule has 0 fully saturated rings. The van der Waals surface area contributed by atoms with Crippen molar-refractivity contribution in [1.82, 2.24) is 5.32 Å². The Hall–Kier alpha value is -2.00. The van der Waals surface area contributed by atoms with Crippen LogP contribution in [0.4, 0.5) is 18.0 Å². The van der Waals surface area contributed by atoms with E-state index in [2.05, 4.69) is 4.74 Å². The summed E-state index contributed by atoms with van der Waals surface area (Å²) in [6.45, 7) is -1.83. The number of amides is 2. The molecule has 7 nitrogen and oxygen atoms in total. The summed E-state index contributed by atoms with van der Waals surface area (Å²) in [5.41, 5.74) is 4.76. The Kier molecular flexibility index (Phi) is 5.93. The maximum absolute atomic E-state index is 11.7. The number of hydrogen-bond donors (Lipinski definition) is 3. The minimum absolute atomic E-state index is 0.337. The van der Waals surface area contributed by atoms with E-state index in [1.165, 1.54) is 0 Å². The van der Waals surface area contributed by atoms with Crippen LogP contribution in [0, 0.1) is 0 Å². The second-order valence-electron chi connectivity index (χ2n) is 3.23. The third kappa shape index (κ3) is 8.19. The first kappa shape index (κ1) is 16.0. The smallest absolute Gasteiger partial charge is 0.422 e. The number of primary amides is 1. The molecule has 0 bridgehead atoms. The van der Waals surface area contributed by atoms with Gasteiger partial charge in [-0.2, -0.15) is 13.2 Å². The molecule has 0 unspecified atom stereocenters. The van der Waals surface area contributed by atoms with Crippen LogP contribution in [0.3, 0.4) is 0 Å². The van der Waals surface area contributed by atoms with Gasteiger partial charge in [-0.25, -0.2) is 9.59 Å². The van der Waals surface area contributed by atoms with Crippen molar-refractivity contribution in [3.8, 4) is 0 Å². The van der Waals surface area contributed by atoms with Gasteiger partial charge in [-0.1, -0.05) is 0 Å². The van der Waals surface area contributed by atoms with E-state index in [4.69, 9.17) is 10.8 Å². The Balaban J connectivity index is 4.20. The van der Waals surface area contributed by atoms with Crippen LogP contribution in [0.15, 0.2) is 0 Å². The molecule has 0 aliphatic carbocycles. The minimum Gasteiger partial charge on any atom is -0.480 e. The molecule has 0 aliphatic heterocycles. The standard InChI is InChI=1S/C8H11F3N2O5/c9-8(10,11)3-18-7(17)13-4(6(15)16)1-2-5(12)14/h4H,1-3H2,(H2,12,14)(H,13,17)(H,15,16)/t4-/m1/s1. The predicted octanol–water partition coefficient (Wildman–Crippen LogP) is -0.00640. The molecular weight excluding hydrogens is 261 g/mol. The SMILES string of the molecule is NC(=O)CC[C@@H](NC(=O)OCC(F)(F)F)C(=O)O. The third-order valence-electron chi connectivity index (χ3n) is 1.64. The van der Waals surface area contributed by atoms with Crippen molar-refractivity contribution in [2.75, 3.05) is 6.61 Å². The second kappa shape index (κ2) is 6.67. The molecule has 0 aromatic heterocycles. The number of aliphatic carboxylic acids is 1. The Labute approximate surface area is 99.1 Å². The van der Waals surface area contributed by atoms with E-state index in [-0.39, 0.29) is 12.8 Å². The summed E-state index contributed by atoms with van der Waals surface area (Å²) in [4.78, 5) is 31.8. The van der Waals surface area contributed by atoms with Crippen LogP contribution in [-0.4, -0.2) is 41.9 Å². The number of nitrogens with two attached hydrogens (primary N) is 1. The quantitative estimate of drug-likeness (QED) is 0.628. The number of hydrogen-bond acceptors (Lipinski definition) is 4. The molecule has 0 radical (unpaired) electrons. The molecule has 1 atom stereocenters. The van der Waals surface area contributed by atoms with Gasteiger partial charge in [-0.3, -0.25) is 4.79 Å². The van der Waals surface area contributed by atoms with Crippen LogP contribution in [0.25, 0.3) is 0 Å². The summed E-state index contributed by atoms with van der Waals surface area (Å²) in [6, 6.07) is -1.54. The highest BCUT2D eigenvalue weighted by atomic mass is 19.4. The molecule has 104 valence electrons.